The van der Waals surface area contributed by atoms with Gasteiger partial charge in [0.1, 0.15) is 0 Å². The van der Waals surface area contributed by atoms with E-state index in [9.17, 15) is 0 Å². The quantitative estimate of drug-likeness (QED) is 0.309. The lowest BCUT2D eigenvalue weighted by Crippen LogP contribution is -1.91. The van der Waals surface area contributed by atoms with E-state index in [1.807, 2.05) is 0 Å². The number of hydrogen-bond donors (Lipinski definition) is 0. The van der Waals surface area contributed by atoms with E-state index >= 15 is 0 Å². The van der Waals surface area contributed by atoms with Crippen LogP contribution in [-0.2, 0) is 0 Å². The minimum Gasteiger partial charge on any atom is -0.0622 e. The van der Waals surface area contributed by atoms with Crippen molar-refractivity contribution >= 4 is 10.8 Å². The van der Waals surface area contributed by atoms with E-state index < -0.39 is 0 Å². The standard InChI is InChI=1S/C28H20/c1-3-11-22(12-4-1)25-18-10-20-27(28(25)23-14-5-2-6-15-23)26-19-9-16-21-13-7-8-17-24(21)26/h1-20H. The van der Waals surface area contributed by atoms with Crippen LogP contribution in [-0.4, -0.2) is 0 Å². The second-order valence-electron chi connectivity index (χ2n) is 6.99. The van der Waals surface area contributed by atoms with Gasteiger partial charge < -0.3 is 0 Å². The molecule has 5 aromatic carbocycles. The van der Waals surface area contributed by atoms with Gasteiger partial charge in [-0.3, -0.25) is 0 Å². The van der Waals surface area contributed by atoms with E-state index in [0.29, 0.717) is 0 Å². The molecule has 0 bridgehead atoms. The predicted molar refractivity (Wildman–Crippen MR) is 120 cm³/mol. The molecular formula is C28H20. The second-order valence-corrected chi connectivity index (χ2v) is 6.99. The van der Waals surface area contributed by atoms with Crippen molar-refractivity contribution in [3.63, 3.8) is 0 Å². The van der Waals surface area contributed by atoms with Gasteiger partial charge in [0.2, 0.25) is 0 Å². The average molecular weight is 356 g/mol. The Kier molecular flexibility index (Phi) is 4.23. The first kappa shape index (κ1) is 16.5. The Morgan fingerprint density at radius 2 is 0.857 bits per heavy atom. The third-order valence-electron chi connectivity index (χ3n) is 5.29. The largest absolute Gasteiger partial charge is 0.0622 e. The van der Waals surface area contributed by atoms with Gasteiger partial charge in [-0.05, 0) is 44.2 Å². The van der Waals surface area contributed by atoms with Crippen LogP contribution in [0.25, 0.3) is 44.2 Å². The van der Waals surface area contributed by atoms with Crippen LogP contribution in [0.3, 0.4) is 0 Å². The third kappa shape index (κ3) is 2.90. The molecule has 0 unspecified atom stereocenters. The van der Waals surface area contributed by atoms with Gasteiger partial charge in [0.25, 0.3) is 0 Å². The maximum atomic E-state index is 2.25. The monoisotopic (exact) mass is 356 g/mol. The zero-order valence-electron chi connectivity index (χ0n) is 15.5. The Balaban J connectivity index is 1.86. The molecule has 0 nitrogen and oxygen atoms in total. The lowest BCUT2D eigenvalue weighted by atomic mass is 9.86. The SMILES string of the molecule is c1ccc(-c2cccc(-c3cccc4ccccc34)c2-c2ccccc2)cc1. The van der Waals surface area contributed by atoms with E-state index in [1.165, 1.54) is 44.2 Å². The van der Waals surface area contributed by atoms with E-state index in [0.717, 1.165) is 0 Å². The molecule has 0 amide bonds. The highest BCUT2D eigenvalue weighted by atomic mass is 14.2. The fourth-order valence-corrected chi connectivity index (χ4v) is 4.01. The molecule has 5 aromatic rings. The zero-order valence-corrected chi connectivity index (χ0v) is 15.5. The molecule has 0 heteroatoms. The Labute approximate surface area is 165 Å². The van der Waals surface area contributed by atoms with Crippen LogP contribution in [0.5, 0.6) is 0 Å². The summed E-state index contributed by atoms with van der Waals surface area (Å²) in [4.78, 5) is 0. The first-order valence-corrected chi connectivity index (χ1v) is 9.64. The number of fused-ring (bicyclic) bond motifs is 1. The molecule has 0 aromatic heterocycles. The fraction of sp³-hybridized carbons (Fsp3) is 0. The smallest absolute Gasteiger partial charge is 0.00266 e. The van der Waals surface area contributed by atoms with Crippen LogP contribution in [0.4, 0.5) is 0 Å². The topological polar surface area (TPSA) is 0 Å². The molecule has 0 radical (unpaired) electrons. The summed E-state index contributed by atoms with van der Waals surface area (Å²) in [5, 5.41) is 2.55. The Hall–Kier alpha value is -3.64. The Bertz CT molecular complexity index is 1230. The van der Waals surface area contributed by atoms with Crippen molar-refractivity contribution in [2.24, 2.45) is 0 Å². The molecular weight excluding hydrogens is 336 g/mol. The van der Waals surface area contributed by atoms with Crippen LogP contribution < -0.4 is 0 Å². The van der Waals surface area contributed by atoms with E-state index in [2.05, 4.69) is 121 Å². The van der Waals surface area contributed by atoms with Gasteiger partial charge in [0.15, 0.2) is 0 Å². The minimum atomic E-state index is 1.24. The van der Waals surface area contributed by atoms with Gasteiger partial charge in [-0.25, -0.2) is 0 Å². The number of hydrogen-bond acceptors (Lipinski definition) is 0. The average Bonchev–Trinajstić information content (AvgIpc) is 2.79. The Morgan fingerprint density at radius 1 is 0.321 bits per heavy atom. The lowest BCUT2D eigenvalue weighted by molar-refractivity contribution is 1.57. The molecule has 5 rings (SSSR count). The molecule has 0 N–H and O–H groups in total. The molecule has 0 aliphatic carbocycles. The molecule has 0 aliphatic rings. The third-order valence-corrected chi connectivity index (χ3v) is 5.29. The molecule has 132 valence electrons. The van der Waals surface area contributed by atoms with Crippen molar-refractivity contribution in [1.29, 1.82) is 0 Å². The maximum Gasteiger partial charge on any atom is -0.00266 e. The van der Waals surface area contributed by atoms with Gasteiger partial charge in [-0.1, -0.05) is 121 Å². The molecule has 0 heterocycles. The molecule has 0 aliphatic heterocycles. The summed E-state index contributed by atoms with van der Waals surface area (Å²) < 4.78 is 0. The number of rotatable bonds is 3. The highest BCUT2D eigenvalue weighted by Crippen LogP contribution is 2.41. The van der Waals surface area contributed by atoms with Gasteiger partial charge in [0.05, 0.1) is 0 Å². The van der Waals surface area contributed by atoms with Crippen molar-refractivity contribution in [3.8, 4) is 33.4 Å². The number of benzene rings is 5. The molecule has 0 saturated carbocycles. The van der Waals surface area contributed by atoms with Gasteiger partial charge in [-0.15, -0.1) is 0 Å². The summed E-state index contributed by atoms with van der Waals surface area (Å²) in [6.45, 7) is 0. The molecule has 0 saturated heterocycles. The van der Waals surface area contributed by atoms with E-state index in [1.54, 1.807) is 0 Å². The van der Waals surface area contributed by atoms with E-state index in [4.69, 9.17) is 0 Å². The maximum absolute atomic E-state index is 2.25. The van der Waals surface area contributed by atoms with Crippen LogP contribution in [0, 0.1) is 0 Å². The van der Waals surface area contributed by atoms with Crippen molar-refractivity contribution < 1.29 is 0 Å². The first-order valence-electron chi connectivity index (χ1n) is 9.64. The first-order chi connectivity index (χ1) is 13.9. The summed E-state index contributed by atoms with van der Waals surface area (Å²) in [6, 6.07) is 43.2. The van der Waals surface area contributed by atoms with Gasteiger partial charge in [0, 0.05) is 0 Å². The van der Waals surface area contributed by atoms with Crippen molar-refractivity contribution in [3.05, 3.63) is 121 Å². The van der Waals surface area contributed by atoms with Crippen LogP contribution in [0.2, 0.25) is 0 Å². The van der Waals surface area contributed by atoms with Crippen LogP contribution in [0.15, 0.2) is 121 Å². The van der Waals surface area contributed by atoms with Crippen LogP contribution in [0.1, 0.15) is 0 Å². The minimum absolute atomic E-state index is 1.24. The lowest BCUT2D eigenvalue weighted by Gasteiger charge is -2.17. The summed E-state index contributed by atoms with van der Waals surface area (Å²) in [5.41, 5.74) is 7.57. The van der Waals surface area contributed by atoms with Gasteiger partial charge in [-0.2, -0.15) is 0 Å². The normalized spacial score (nSPS) is 10.9. The molecule has 0 spiro atoms. The van der Waals surface area contributed by atoms with Gasteiger partial charge >= 0.3 is 0 Å². The Morgan fingerprint density at radius 3 is 1.64 bits per heavy atom. The van der Waals surface area contributed by atoms with E-state index in [-0.39, 0.29) is 0 Å². The highest BCUT2D eigenvalue weighted by molar-refractivity contribution is 6.03. The summed E-state index contributed by atoms with van der Waals surface area (Å²) >= 11 is 0. The highest BCUT2D eigenvalue weighted by Gasteiger charge is 2.15. The summed E-state index contributed by atoms with van der Waals surface area (Å²) in [6.07, 6.45) is 0. The van der Waals surface area contributed by atoms with Crippen LogP contribution >= 0.6 is 0 Å². The molecule has 0 fully saturated rings. The molecule has 0 atom stereocenters. The second kappa shape index (κ2) is 7.17. The predicted octanol–water partition coefficient (Wildman–Crippen LogP) is 7.84. The molecule has 28 heavy (non-hydrogen) atoms. The summed E-state index contributed by atoms with van der Waals surface area (Å²) in [5.74, 6) is 0. The zero-order chi connectivity index (χ0) is 18.8. The van der Waals surface area contributed by atoms with Crippen molar-refractivity contribution in [2.45, 2.75) is 0 Å². The van der Waals surface area contributed by atoms with Crippen molar-refractivity contribution in [2.75, 3.05) is 0 Å². The fourth-order valence-electron chi connectivity index (χ4n) is 4.01. The van der Waals surface area contributed by atoms with Crippen molar-refractivity contribution in [1.82, 2.24) is 0 Å². The summed E-state index contributed by atoms with van der Waals surface area (Å²) in [7, 11) is 0.